The largest absolute Gasteiger partial charge is 0.348 e. The molecule has 2 saturated carbocycles. The fourth-order valence-electron chi connectivity index (χ4n) is 3.47. The summed E-state index contributed by atoms with van der Waals surface area (Å²) in [5, 5.41) is 4.44. The molecule has 2 aliphatic rings. The first-order chi connectivity index (χ1) is 10.6. The Labute approximate surface area is 136 Å². The summed E-state index contributed by atoms with van der Waals surface area (Å²) in [7, 11) is -0.572. The number of H-pyrrole nitrogens is 1. The minimum absolute atomic E-state index is 0.0363. The Kier molecular flexibility index (Phi) is 3.61. The summed E-state index contributed by atoms with van der Waals surface area (Å²) in [6.07, 6.45) is 6.15. The zero-order chi connectivity index (χ0) is 15.3. The lowest BCUT2D eigenvalue weighted by Crippen LogP contribution is -2.33. The van der Waals surface area contributed by atoms with Crippen molar-refractivity contribution in [1.29, 1.82) is 0 Å². The molecule has 0 spiro atoms. The first-order valence-electron chi connectivity index (χ1n) is 8.40. The molecule has 2 aromatic heterocycles. The Morgan fingerprint density at radius 3 is 2.82 bits per heavy atom. The van der Waals surface area contributed by atoms with Crippen LogP contribution < -0.4 is 5.32 Å². The Morgan fingerprint density at radius 1 is 1.36 bits per heavy atom. The van der Waals surface area contributed by atoms with Gasteiger partial charge < -0.3 is 10.3 Å². The molecule has 0 radical (unpaired) electrons. The number of carbonyl (C=O) groups excluding carboxylic acids is 1. The fourth-order valence-corrected chi connectivity index (χ4v) is 6.34. The summed E-state index contributed by atoms with van der Waals surface area (Å²) in [6.45, 7) is 4.83. The number of amides is 1. The predicted molar refractivity (Wildman–Crippen MR) is 93.7 cm³/mol. The molecular formula is C16H23N3OSSi. The van der Waals surface area contributed by atoms with Crippen molar-refractivity contribution in [2.24, 2.45) is 0 Å². The van der Waals surface area contributed by atoms with Crippen molar-refractivity contribution in [3.63, 3.8) is 0 Å². The van der Waals surface area contributed by atoms with Gasteiger partial charge in [-0.3, -0.25) is 4.79 Å². The number of nitrogens with one attached hydrogen (secondary N) is 2. The highest BCUT2D eigenvalue weighted by atomic mass is 32.1. The molecule has 0 saturated heterocycles. The van der Waals surface area contributed by atoms with Gasteiger partial charge in [-0.25, -0.2) is 4.98 Å². The van der Waals surface area contributed by atoms with E-state index in [0.29, 0.717) is 17.7 Å². The molecule has 2 heterocycles. The van der Waals surface area contributed by atoms with Crippen LogP contribution in [0.25, 0.3) is 10.3 Å². The maximum Gasteiger partial charge on any atom is 0.268 e. The van der Waals surface area contributed by atoms with Crippen LogP contribution in [-0.4, -0.2) is 30.7 Å². The normalized spacial score (nSPS) is 25.2. The van der Waals surface area contributed by atoms with Crippen LogP contribution in [0.3, 0.4) is 0 Å². The maximum absolute atomic E-state index is 12.4. The van der Waals surface area contributed by atoms with Crippen molar-refractivity contribution in [2.75, 3.05) is 0 Å². The van der Waals surface area contributed by atoms with Crippen molar-refractivity contribution in [3.8, 4) is 0 Å². The quantitative estimate of drug-likeness (QED) is 0.839. The molecule has 2 aliphatic carbocycles. The van der Waals surface area contributed by atoms with Crippen LogP contribution in [0, 0.1) is 0 Å². The lowest BCUT2D eigenvalue weighted by Gasteiger charge is -2.14. The van der Waals surface area contributed by atoms with Gasteiger partial charge in [-0.2, -0.15) is 0 Å². The van der Waals surface area contributed by atoms with E-state index in [1.807, 2.05) is 6.07 Å². The van der Waals surface area contributed by atoms with E-state index in [-0.39, 0.29) is 5.91 Å². The molecule has 2 fully saturated rings. The Hall–Kier alpha value is -1.14. The molecule has 22 heavy (non-hydrogen) atoms. The van der Waals surface area contributed by atoms with Crippen LogP contribution in [0.15, 0.2) is 6.07 Å². The van der Waals surface area contributed by atoms with Crippen LogP contribution in [-0.2, 0) is 0 Å². The van der Waals surface area contributed by atoms with Crippen LogP contribution >= 0.6 is 11.3 Å². The van der Waals surface area contributed by atoms with E-state index in [2.05, 4.69) is 28.4 Å². The molecule has 2 atom stereocenters. The average Bonchev–Trinajstić information content (AvgIpc) is 2.91. The molecule has 0 aliphatic heterocycles. The number of aromatic amines is 1. The Morgan fingerprint density at radius 2 is 2.18 bits per heavy atom. The van der Waals surface area contributed by atoms with E-state index >= 15 is 0 Å². The van der Waals surface area contributed by atoms with Gasteiger partial charge in [0, 0.05) is 20.8 Å². The summed E-state index contributed by atoms with van der Waals surface area (Å²) in [5.74, 6) is 0.716. The lowest BCUT2D eigenvalue weighted by molar-refractivity contribution is 0.0933. The van der Waals surface area contributed by atoms with Gasteiger partial charge in [0.05, 0.1) is 9.71 Å². The van der Waals surface area contributed by atoms with Gasteiger partial charge in [-0.1, -0.05) is 19.5 Å². The van der Waals surface area contributed by atoms with Crippen molar-refractivity contribution >= 4 is 36.4 Å². The number of aromatic nitrogens is 2. The maximum atomic E-state index is 12.4. The molecule has 2 unspecified atom stereocenters. The lowest BCUT2D eigenvalue weighted by atomic mass is 10.2. The highest BCUT2D eigenvalue weighted by Gasteiger charge is 2.30. The first-order valence-corrected chi connectivity index (χ1v) is 12.2. The highest BCUT2D eigenvalue weighted by molar-refractivity contribution is 7.18. The van der Waals surface area contributed by atoms with E-state index in [1.54, 1.807) is 11.3 Å². The first kappa shape index (κ1) is 14.4. The second kappa shape index (κ2) is 5.49. The smallest absolute Gasteiger partial charge is 0.268 e. The van der Waals surface area contributed by atoms with E-state index in [0.717, 1.165) is 22.3 Å². The summed E-state index contributed by atoms with van der Waals surface area (Å²) in [5.41, 5.74) is 2.44. The number of carbonyl (C=O) groups is 1. The number of nitrogens with zero attached hydrogens (tertiary/aromatic N) is 1. The van der Waals surface area contributed by atoms with Gasteiger partial charge in [0.2, 0.25) is 0 Å². The van der Waals surface area contributed by atoms with Crippen molar-refractivity contribution < 1.29 is 4.79 Å². The Balaban J connectivity index is 1.43. The number of hydrogen-bond acceptors (Lipinski definition) is 3. The summed E-state index contributed by atoms with van der Waals surface area (Å²) in [4.78, 5) is 20.3. The average molecular weight is 334 g/mol. The third-order valence-corrected chi connectivity index (χ3v) is 8.78. The molecule has 0 aromatic carbocycles. The van der Waals surface area contributed by atoms with E-state index in [9.17, 15) is 4.79 Å². The zero-order valence-corrected chi connectivity index (χ0v) is 15.2. The molecule has 6 heteroatoms. The number of thiazole rings is 1. The monoisotopic (exact) mass is 333 g/mol. The van der Waals surface area contributed by atoms with Gasteiger partial charge >= 0.3 is 0 Å². The van der Waals surface area contributed by atoms with Gasteiger partial charge in [0.25, 0.3) is 5.91 Å². The minimum Gasteiger partial charge on any atom is -0.348 e. The topological polar surface area (TPSA) is 57.8 Å². The second-order valence-electron chi connectivity index (χ2n) is 7.21. The Bertz CT molecular complexity index is 672. The number of fused-ring (bicyclic) bond motifs is 1. The van der Waals surface area contributed by atoms with Crippen LogP contribution in [0.5, 0.6) is 0 Å². The SMILES string of the molecule is C[SiH](C)C1CCC(NC(=O)c2cc3sc(C4CC4)nc3[nH]2)C1. The summed E-state index contributed by atoms with van der Waals surface area (Å²) in [6, 6.07) is 2.33. The number of rotatable bonds is 4. The summed E-state index contributed by atoms with van der Waals surface area (Å²) < 4.78 is 1.12. The third-order valence-electron chi connectivity index (χ3n) is 5.12. The molecule has 118 valence electrons. The van der Waals surface area contributed by atoms with Crippen molar-refractivity contribution in [3.05, 3.63) is 16.8 Å². The standard InChI is InChI=1S/C16H23N3OSSi/c1-22(2)11-6-5-10(7-11)17-15(20)12-8-13-14(18-12)19-16(21-13)9-3-4-9/h8-11,18,22H,3-7H2,1-2H3,(H,17,20). The van der Waals surface area contributed by atoms with Crippen LogP contribution in [0.1, 0.15) is 53.5 Å². The van der Waals surface area contributed by atoms with Gasteiger partial charge in [0.1, 0.15) is 11.3 Å². The summed E-state index contributed by atoms with van der Waals surface area (Å²) >= 11 is 1.74. The van der Waals surface area contributed by atoms with Gasteiger partial charge in [-0.15, -0.1) is 11.3 Å². The molecule has 4 nitrogen and oxygen atoms in total. The van der Waals surface area contributed by atoms with E-state index in [1.165, 1.54) is 30.7 Å². The molecule has 2 aromatic rings. The third kappa shape index (κ3) is 2.74. The van der Waals surface area contributed by atoms with E-state index < -0.39 is 8.80 Å². The van der Waals surface area contributed by atoms with Gasteiger partial charge in [-0.05, 0) is 37.3 Å². The molecular weight excluding hydrogens is 310 g/mol. The molecule has 0 bridgehead atoms. The molecule has 4 rings (SSSR count). The number of hydrogen-bond donors (Lipinski definition) is 2. The van der Waals surface area contributed by atoms with E-state index in [4.69, 9.17) is 0 Å². The van der Waals surface area contributed by atoms with Crippen LogP contribution in [0.4, 0.5) is 0 Å². The fraction of sp³-hybridized carbons (Fsp3) is 0.625. The predicted octanol–water partition coefficient (Wildman–Crippen LogP) is 3.64. The molecule has 1 amide bonds. The zero-order valence-electron chi connectivity index (χ0n) is 13.2. The van der Waals surface area contributed by atoms with Crippen molar-refractivity contribution in [1.82, 2.24) is 15.3 Å². The van der Waals surface area contributed by atoms with Crippen LogP contribution in [0.2, 0.25) is 18.6 Å². The van der Waals surface area contributed by atoms with Crippen molar-refractivity contribution in [2.45, 2.75) is 62.7 Å². The molecule has 2 N–H and O–H groups in total. The highest BCUT2D eigenvalue weighted by Crippen LogP contribution is 2.43. The second-order valence-corrected chi connectivity index (χ2v) is 11.7. The minimum atomic E-state index is -0.572. The van der Waals surface area contributed by atoms with Gasteiger partial charge in [0.15, 0.2) is 0 Å².